The highest BCUT2D eigenvalue weighted by molar-refractivity contribution is 6.89. The van der Waals surface area contributed by atoms with Gasteiger partial charge in [-0.3, -0.25) is 4.99 Å². The number of allylic oxidation sites excluding steroid dienone is 1. The zero-order chi connectivity index (χ0) is 5.28. The highest BCUT2D eigenvalue weighted by Crippen LogP contribution is 2.01. The Balaban J connectivity index is 2.69. The lowest BCUT2D eigenvalue weighted by molar-refractivity contribution is 1.35. The van der Waals surface area contributed by atoms with Crippen LogP contribution in [0.1, 0.15) is 6.92 Å². The van der Waals surface area contributed by atoms with E-state index in [9.17, 15) is 0 Å². The molecule has 0 saturated carbocycles. The van der Waals surface area contributed by atoms with Crippen LogP contribution in [-0.2, 0) is 0 Å². The highest BCUT2D eigenvalue weighted by atomic mass is 14.7. The SMILES string of the molecule is CB1C=NC(C)=C1. The van der Waals surface area contributed by atoms with E-state index in [0.29, 0.717) is 6.71 Å². The maximum absolute atomic E-state index is 4.05. The zero-order valence-electron chi connectivity index (χ0n) is 4.68. The first-order valence-corrected chi connectivity index (χ1v) is 2.51. The molecule has 0 unspecified atom stereocenters. The minimum atomic E-state index is 0.569. The summed E-state index contributed by atoms with van der Waals surface area (Å²) in [5, 5.41) is 0. The van der Waals surface area contributed by atoms with Crippen LogP contribution in [0.5, 0.6) is 0 Å². The Kier molecular flexibility index (Phi) is 1.01. The average Bonchev–Trinajstić information content (AvgIpc) is 1.87. The maximum atomic E-state index is 4.05. The minimum Gasteiger partial charge on any atom is -0.276 e. The molecule has 0 fully saturated rings. The van der Waals surface area contributed by atoms with E-state index in [4.69, 9.17) is 0 Å². The van der Waals surface area contributed by atoms with Gasteiger partial charge in [-0.1, -0.05) is 12.8 Å². The molecule has 0 spiro atoms. The molecule has 2 heteroatoms. The lowest BCUT2D eigenvalue weighted by Crippen LogP contribution is -1.99. The van der Waals surface area contributed by atoms with E-state index in [2.05, 4.69) is 17.8 Å². The number of hydrogen-bond donors (Lipinski definition) is 0. The smallest absolute Gasteiger partial charge is 0.214 e. The Morgan fingerprint density at radius 2 is 2.43 bits per heavy atom. The summed E-state index contributed by atoms with van der Waals surface area (Å²) in [7, 11) is 0. The van der Waals surface area contributed by atoms with Crippen molar-refractivity contribution in [3.05, 3.63) is 11.7 Å². The van der Waals surface area contributed by atoms with Gasteiger partial charge in [0.05, 0.1) is 0 Å². The second kappa shape index (κ2) is 1.53. The van der Waals surface area contributed by atoms with Crippen LogP contribution >= 0.6 is 0 Å². The molecule has 0 aliphatic carbocycles. The van der Waals surface area contributed by atoms with Crippen LogP contribution in [0.2, 0.25) is 6.82 Å². The molecule has 1 rings (SSSR count). The molecule has 0 N–H and O–H groups in total. The molecule has 1 aliphatic heterocycles. The van der Waals surface area contributed by atoms with Crippen molar-refractivity contribution in [2.75, 3.05) is 0 Å². The quantitative estimate of drug-likeness (QED) is 0.398. The molecule has 36 valence electrons. The third-order valence-corrected chi connectivity index (χ3v) is 1.02. The third kappa shape index (κ3) is 0.920. The van der Waals surface area contributed by atoms with Gasteiger partial charge in [0.25, 0.3) is 0 Å². The van der Waals surface area contributed by atoms with Gasteiger partial charge in [0.15, 0.2) is 0 Å². The molecule has 0 amide bonds. The molecule has 7 heavy (non-hydrogen) atoms. The molecule has 0 saturated heterocycles. The van der Waals surface area contributed by atoms with E-state index in [1.54, 1.807) is 0 Å². The predicted molar refractivity (Wildman–Crippen MR) is 33.9 cm³/mol. The summed E-state index contributed by atoms with van der Waals surface area (Å²) in [5.41, 5.74) is 1.15. The minimum absolute atomic E-state index is 0.569. The predicted octanol–water partition coefficient (Wildman–Crippen LogP) is 1.18. The van der Waals surface area contributed by atoms with E-state index in [1.165, 1.54) is 0 Å². The first-order chi connectivity index (χ1) is 3.29. The molecule has 0 aromatic carbocycles. The molecule has 0 aromatic heterocycles. The zero-order valence-corrected chi connectivity index (χ0v) is 4.68. The Bertz CT molecular complexity index is 126. The van der Waals surface area contributed by atoms with Crippen molar-refractivity contribution in [2.45, 2.75) is 13.7 Å². The van der Waals surface area contributed by atoms with Gasteiger partial charge in [-0.2, -0.15) is 0 Å². The van der Waals surface area contributed by atoms with Gasteiger partial charge < -0.3 is 0 Å². The largest absolute Gasteiger partial charge is 0.276 e. The van der Waals surface area contributed by atoms with Crippen LogP contribution in [0.25, 0.3) is 0 Å². The van der Waals surface area contributed by atoms with Crippen molar-refractivity contribution in [1.82, 2.24) is 0 Å². The molecule has 0 bridgehead atoms. The molecule has 1 nitrogen and oxygen atoms in total. The molecule has 1 aliphatic rings. The molecular formula is C5H8BN. The molecule has 0 atom stereocenters. The fourth-order valence-corrected chi connectivity index (χ4v) is 0.702. The Morgan fingerprint density at radius 1 is 1.71 bits per heavy atom. The van der Waals surface area contributed by atoms with Crippen LogP contribution in [0.15, 0.2) is 16.7 Å². The lowest BCUT2D eigenvalue weighted by atomic mass is 9.55. The molecular weight excluding hydrogens is 84.9 g/mol. The van der Waals surface area contributed by atoms with Crippen LogP contribution in [-0.4, -0.2) is 12.8 Å². The number of nitrogens with zero attached hydrogens (tertiary/aromatic N) is 1. The average molecular weight is 92.9 g/mol. The monoisotopic (exact) mass is 93.1 g/mol. The van der Waals surface area contributed by atoms with Crippen molar-refractivity contribution >= 4 is 12.8 Å². The summed E-state index contributed by atoms with van der Waals surface area (Å²) in [6.07, 6.45) is 1.95. The van der Waals surface area contributed by atoms with Gasteiger partial charge in [0.1, 0.15) is 0 Å². The third-order valence-electron chi connectivity index (χ3n) is 1.02. The van der Waals surface area contributed by atoms with Crippen molar-refractivity contribution in [2.24, 2.45) is 4.99 Å². The second-order valence-corrected chi connectivity index (χ2v) is 1.95. The van der Waals surface area contributed by atoms with Gasteiger partial charge in [0.2, 0.25) is 6.71 Å². The van der Waals surface area contributed by atoms with Crippen LogP contribution in [0, 0.1) is 0 Å². The fraction of sp³-hybridized carbons (Fsp3) is 0.400. The lowest BCUT2D eigenvalue weighted by Gasteiger charge is -1.77. The first-order valence-electron chi connectivity index (χ1n) is 2.51. The van der Waals surface area contributed by atoms with E-state index in [0.717, 1.165) is 5.70 Å². The summed E-state index contributed by atoms with van der Waals surface area (Å²) < 4.78 is 0. The Morgan fingerprint density at radius 3 is 2.57 bits per heavy atom. The topological polar surface area (TPSA) is 12.4 Å². The van der Waals surface area contributed by atoms with E-state index < -0.39 is 0 Å². The maximum Gasteiger partial charge on any atom is 0.214 e. The molecule has 0 aromatic rings. The molecule has 1 heterocycles. The molecule has 0 radical (unpaired) electrons. The van der Waals surface area contributed by atoms with Gasteiger partial charge in [-0.25, -0.2) is 0 Å². The van der Waals surface area contributed by atoms with Crippen molar-refractivity contribution in [3.8, 4) is 0 Å². The van der Waals surface area contributed by atoms with Crippen molar-refractivity contribution in [1.29, 1.82) is 0 Å². The van der Waals surface area contributed by atoms with Crippen LogP contribution < -0.4 is 0 Å². The summed E-state index contributed by atoms with van der Waals surface area (Å²) in [6.45, 7) is 4.71. The second-order valence-electron chi connectivity index (χ2n) is 1.95. The van der Waals surface area contributed by atoms with E-state index in [-0.39, 0.29) is 0 Å². The van der Waals surface area contributed by atoms with Gasteiger partial charge >= 0.3 is 0 Å². The van der Waals surface area contributed by atoms with Crippen LogP contribution in [0.3, 0.4) is 0 Å². The normalized spacial score (nSPS) is 18.0. The summed E-state index contributed by atoms with van der Waals surface area (Å²) in [6, 6.07) is 0. The fourth-order valence-electron chi connectivity index (χ4n) is 0.702. The van der Waals surface area contributed by atoms with Gasteiger partial charge in [0, 0.05) is 5.70 Å². The Labute approximate surface area is 44.2 Å². The Hall–Kier alpha value is -0.525. The first kappa shape index (κ1) is 4.63. The van der Waals surface area contributed by atoms with E-state index in [1.807, 2.05) is 13.0 Å². The van der Waals surface area contributed by atoms with Gasteiger partial charge in [-0.15, -0.1) is 0 Å². The van der Waals surface area contributed by atoms with E-state index >= 15 is 0 Å². The highest BCUT2D eigenvalue weighted by Gasteiger charge is 2.03. The number of hydrogen-bond acceptors (Lipinski definition) is 1. The summed E-state index contributed by atoms with van der Waals surface area (Å²) in [4.78, 5) is 4.05. The van der Waals surface area contributed by atoms with Gasteiger partial charge in [-0.05, 0) is 13.0 Å². The van der Waals surface area contributed by atoms with Crippen molar-refractivity contribution in [3.63, 3.8) is 0 Å². The van der Waals surface area contributed by atoms with Crippen LogP contribution in [0.4, 0.5) is 0 Å². The standard InChI is InChI=1S/C5H8BN/c1-5-3-6(2)4-7-5/h3-4H,1-2H3. The summed E-state index contributed by atoms with van der Waals surface area (Å²) >= 11 is 0. The summed E-state index contributed by atoms with van der Waals surface area (Å²) in [5.74, 6) is 2.14. The number of rotatable bonds is 0. The number of aliphatic imine (C=N–C) groups is 1. The van der Waals surface area contributed by atoms with Crippen molar-refractivity contribution < 1.29 is 0 Å².